The lowest BCUT2D eigenvalue weighted by molar-refractivity contribution is -0.940. The first-order valence-corrected chi connectivity index (χ1v) is 6.53. The van der Waals surface area contributed by atoms with Crippen molar-refractivity contribution in [3.63, 3.8) is 0 Å². The minimum Gasteiger partial charge on any atom is -0.356 e. The summed E-state index contributed by atoms with van der Waals surface area (Å²) < 4.78 is 1.21. The van der Waals surface area contributed by atoms with Crippen molar-refractivity contribution < 1.29 is 4.48 Å². The van der Waals surface area contributed by atoms with Gasteiger partial charge in [0, 0.05) is 25.2 Å². The second-order valence-corrected chi connectivity index (χ2v) is 6.42. The Morgan fingerprint density at radius 1 is 1.18 bits per heavy atom. The molecule has 0 radical (unpaired) electrons. The lowest BCUT2D eigenvalue weighted by atomic mass is 9.79. The van der Waals surface area contributed by atoms with Crippen LogP contribution in [0.2, 0.25) is 0 Å². The molecule has 3 heterocycles. The Morgan fingerprint density at radius 3 is 2.41 bits per heavy atom. The Labute approximate surface area is 104 Å². The maximum absolute atomic E-state index is 4.49. The van der Waals surface area contributed by atoms with Crippen LogP contribution in [0, 0.1) is 18.8 Å². The third-order valence-corrected chi connectivity index (χ3v) is 4.25. The number of hydrogen-bond donors (Lipinski definition) is 0. The van der Waals surface area contributed by atoms with E-state index in [-0.39, 0.29) is 0 Å². The lowest BCUT2D eigenvalue weighted by Crippen LogP contribution is -2.65. The molecule has 2 aliphatic heterocycles. The molecule has 0 saturated carbocycles. The molecule has 2 saturated heterocycles. The average Bonchev–Trinajstić information content (AvgIpc) is 2.16. The summed E-state index contributed by atoms with van der Waals surface area (Å²) in [6.45, 7) is 7.23. The van der Waals surface area contributed by atoms with Crippen LogP contribution in [0.3, 0.4) is 0 Å². The van der Waals surface area contributed by atoms with Crippen LogP contribution in [0.15, 0.2) is 18.3 Å². The molecule has 0 aromatic carbocycles. The molecule has 0 bridgehead atoms. The van der Waals surface area contributed by atoms with Crippen LogP contribution >= 0.6 is 0 Å². The molecule has 0 aliphatic carbocycles. The van der Waals surface area contributed by atoms with Crippen LogP contribution < -0.4 is 4.90 Å². The molecular formula is C14H22N3+. The third-order valence-electron chi connectivity index (χ3n) is 4.25. The van der Waals surface area contributed by atoms with Crippen molar-refractivity contribution in [3.8, 4) is 0 Å². The second-order valence-electron chi connectivity index (χ2n) is 6.42. The van der Waals surface area contributed by atoms with E-state index in [9.17, 15) is 0 Å². The molecule has 0 atom stereocenters. The van der Waals surface area contributed by atoms with Gasteiger partial charge in [0.05, 0.1) is 33.1 Å². The molecule has 17 heavy (non-hydrogen) atoms. The smallest absolute Gasteiger partial charge is 0.128 e. The fraction of sp³-hybridized carbons (Fsp3) is 0.643. The predicted octanol–water partition coefficient (Wildman–Crippen LogP) is 1.53. The molecule has 0 unspecified atom stereocenters. The minimum atomic E-state index is 0.907. The summed E-state index contributed by atoms with van der Waals surface area (Å²) in [7, 11) is 4.66. The Morgan fingerprint density at radius 2 is 1.88 bits per heavy atom. The number of likely N-dealkylation sites (tertiary alicyclic amines) is 1. The number of aromatic nitrogens is 1. The molecule has 2 aliphatic rings. The highest BCUT2D eigenvalue weighted by atomic mass is 15.4. The van der Waals surface area contributed by atoms with Gasteiger partial charge in [-0.25, -0.2) is 4.98 Å². The molecule has 3 nitrogen and oxygen atoms in total. The Kier molecular flexibility index (Phi) is 2.40. The summed E-state index contributed by atoms with van der Waals surface area (Å²) in [4.78, 5) is 6.89. The summed E-state index contributed by atoms with van der Waals surface area (Å²) in [6, 6.07) is 4.30. The van der Waals surface area contributed by atoms with Crippen LogP contribution in [0.5, 0.6) is 0 Å². The standard InChI is InChI=1S/C14H22N3/c1-11-4-5-14(15-6-11)16-7-12(8-16)13-9-17(2,3)10-13/h4-6,12-13H,7-10H2,1-3H3/q+1. The van der Waals surface area contributed by atoms with Gasteiger partial charge in [0.1, 0.15) is 5.82 Å². The lowest BCUT2D eigenvalue weighted by Gasteiger charge is -2.53. The Hall–Kier alpha value is -1.09. The van der Waals surface area contributed by atoms with E-state index < -0.39 is 0 Å². The van der Waals surface area contributed by atoms with Crippen molar-refractivity contribution in [1.82, 2.24) is 4.98 Å². The summed E-state index contributed by atoms with van der Waals surface area (Å²) in [5.41, 5.74) is 1.24. The number of quaternary nitrogens is 1. The molecule has 92 valence electrons. The van der Waals surface area contributed by atoms with Gasteiger partial charge in [-0.15, -0.1) is 0 Å². The highest BCUT2D eigenvalue weighted by molar-refractivity contribution is 5.42. The fourth-order valence-electron chi connectivity index (χ4n) is 3.16. The van der Waals surface area contributed by atoms with Gasteiger partial charge in [-0.3, -0.25) is 0 Å². The van der Waals surface area contributed by atoms with E-state index in [2.05, 4.69) is 43.0 Å². The normalized spacial score (nSPS) is 24.3. The highest BCUT2D eigenvalue weighted by Gasteiger charge is 2.46. The van der Waals surface area contributed by atoms with Gasteiger partial charge in [0.15, 0.2) is 0 Å². The van der Waals surface area contributed by atoms with Crippen LogP contribution in [0.4, 0.5) is 5.82 Å². The number of rotatable bonds is 2. The molecule has 0 spiro atoms. The molecule has 2 fully saturated rings. The van der Waals surface area contributed by atoms with Crippen molar-refractivity contribution in [2.75, 3.05) is 45.2 Å². The topological polar surface area (TPSA) is 16.1 Å². The van der Waals surface area contributed by atoms with Crippen molar-refractivity contribution in [1.29, 1.82) is 0 Å². The van der Waals surface area contributed by atoms with Crippen molar-refractivity contribution in [2.24, 2.45) is 11.8 Å². The third kappa shape index (κ3) is 2.04. The summed E-state index contributed by atoms with van der Waals surface area (Å²) in [5.74, 6) is 3.01. The van der Waals surface area contributed by atoms with E-state index in [0.29, 0.717) is 0 Å². The first-order valence-electron chi connectivity index (χ1n) is 6.53. The number of hydrogen-bond acceptors (Lipinski definition) is 2. The van der Waals surface area contributed by atoms with E-state index in [0.717, 1.165) is 17.7 Å². The van der Waals surface area contributed by atoms with Gasteiger partial charge in [0.2, 0.25) is 0 Å². The van der Waals surface area contributed by atoms with E-state index in [1.807, 2.05) is 6.20 Å². The fourth-order valence-corrected chi connectivity index (χ4v) is 3.16. The molecule has 3 rings (SSSR count). The van der Waals surface area contributed by atoms with Gasteiger partial charge in [-0.05, 0) is 18.6 Å². The highest BCUT2D eigenvalue weighted by Crippen LogP contribution is 2.35. The number of anilines is 1. The second kappa shape index (κ2) is 3.70. The number of nitrogens with zero attached hydrogens (tertiary/aromatic N) is 3. The first-order chi connectivity index (χ1) is 8.03. The average molecular weight is 232 g/mol. The maximum Gasteiger partial charge on any atom is 0.128 e. The van der Waals surface area contributed by atoms with Crippen molar-refractivity contribution in [2.45, 2.75) is 6.92 Å². The van der Waals surface area contributed by atoms with Crippen LogP contribution in [0.1, 0.15) is 5.56 Å². The zero-order valence-electron chi connectivity index (χ0n) is 11.1. The molecule has 1 aromatic rings. The largest absolute Gasteiger partial charge is 0.356 e. The summed E-state index contributed by atoms with van der Waals surface area (Å²) >= 11 is 0. The zero-order chi connectivity index (χ0) is 12.0. The number of aryl methyl sites for hydroxylation is 1. The molecule has 3 heteroatoms. The zero-order valence-corrected chi connectivity index (χ0v) is 11.1. The van der Waals surface area contributed by atoms with Crippen LogP contribution in [0.25, 0.3) is 0 Å². The quantitative estimate of drug-likeness (QED) is 0.719. The molecular weight excluding hydrogens is 210 g/mol. The van der Waals surface area contributed by atoms with E-state index >= 15 is 0 Å². The van der Waals surface area contributed by atoms with Crippen LogP contribution in [-0.2, 0) is 0 Å². The van der Waals surface area contributed by atoms with Gasteiger partial charge in [-0.1, -0.05) is 6.07 Å². The molecule has 1 aromatic heterocycles. The van der Waals surface area contributed by atoms with Gasteiger partial charge >= 0.3 is 0 Å². The van der Waals surface area contributed by atoms with E-state index in [1.165, 1.54) is 36.2 Å². The summed E-state index contributed by atoms with van der Waals surface area (Å²) in [5, 5.41) is 0. The van der Waals surface area contributed by atoms with Gasteiger partial charge in [0.25, 0.3) is 0 Å². The Bertz CT molecular complexity index is 396. The SMILES string of the molecule is Cc1ccc(N2CC(C3C[N+](C)(C)C3)C2)nc1. The van der Waals surface area contributed by atoms with Gasteiger partial charge < -0.3 is 9.38 Å². The monoisotopic (exact) mass is 232 g/mol. The van der Waals surface area contributed by atoms with E-state index in [1.54, 1.807) is 0 Å². The predicted molar refractivity (Wildman–Crippen MR) is 70.0 cm³/mol. The summed E-state index contributed by atoms with van der Waals surface area (Å²) in [6.07, 6.45) is 1.96. The first kappa shape index (κ1) is 11.0. The van der Waals surface area contributed by atoms with Crippen LogP contribution in [-0.4, -0.2) is 49.7 Å². The van der Waals surface area contributed by atoms with Crippen molar-refractivity contribution >= 4 is 5.82 Å². The van der Waals surface area contributed by atoms with Crippen molar-refractivity contribution in [3.05, 3.63) is 23.9 Å². The maximum atomic E-state index is 4.49. The minimum absolute atomic E-state index is 0.907. The molecule has 0 N–H and O–H groups in total. The van der Waals surface area contributed by atoms with E-state index in [4.69, 9.17) is 0 Å². The number of pyridine rings is 1. The van der Waals surface area contributed by atoms with Gasteiger partial charge in [-0.2, -0.15) is 0 Å². The Balaban J connectivity index is 1.53. The molecule has 0 amide bonds.